The third kappa shape index (κ3) is 4.03. The van der Waals surface area contributed by atoms with Crippen molar-refractivity contribution >= 4 is 24.1 Å². The van der Waals surface area contributed by atoms with Crippen molar-refractivity contribution in [2.45, 2.75) is 41.5 Å². The molecule has 1 aromatic rings. The second-order valence-electron chi connectivity index (χ2n) is 7.45. The van der Waals surface area contributed by atoms with Crippen LogP contribution < -0.4 is 11.4 Å². The van der Waals surface area contributed by atoms with Crippen molar-refractivity contribution in [2.75, 3.05) is 0 Å². The van der Waals surface area contributed by atoms with Gasteiger partial charge in [-0.2, -0.15) is 0 Å². The highest BCUT2D eigenvalue weighted by Crippen LogP contribution is 2.24. The van der Waals surface area contributed by atoms with Gasteiger partial charge in [-0.05, 0) is 11.5 Å². The SMILES string of the molecule is CC(C)(C)C(=O)c1ccc(B(O)ON)c(C(=O)C(C)(C)C)c1. The second-order valence-corrected chi connectivity index (χ2v) is 7.45. The number of benzene rings is 1. The van der Waals surface area contributed by atoms with E-state index in [1.54, 1.807) is 26.8 Å². The van der Waals surface area contributed by atoms with Crippen LogP contribution in [0.25, 0.3) is 0 Å². The zero-order chi connectivity index (χ0) is 17.3. The van der Waals surface area contributed by atoms with Crippen LogP contribution in [0, 0.1) is 10.8 Å². The first kappa shape index (κ1) is 18.6. The number of carbonyl (C=O) groups is 2. The smallest absolute Gasteiger partial charge is 0.422 e. The number of nitrogens with two attached hydrogens (primary N) is 1. The number of ketones is 2. The quantitative estimate of drug-likeness (QED) is 0.502. The van der Waals surface area contributed by atoms with Crippen LogP contribution in [0.4, 0.5) is 0 Å². The summed E-state index contributed by atoms with van der Waals surface area (Å²) in [7, 11) is -1.42. The van der Waals surface area contributed by atoms with Crippen LogP contribution in [0.15, 0.2) is 18.2 Å². The van der Waals surface area contributed by atoms with E-state index >= 15 is 0 Å². The third-order valence-corrected chi connectivity index (χ3v) is 3.32. The lowest BCUT2D eigenvalue weighted by Crippen LogP contribution is -2.41. The fraction of sp³-hybridized carbons (Fsp3) is 0.500. The molecule has 0 aliphatic rings. The predicted octanol–water partition coefficient (Wildman–Crippen LogP) is 1.72. The number of rotatable bonds is 4. The van der Waals surface area contributed by atoms with Gasteiger partial charge < -0.3 is 9.78 Å². The zero-order valence-corrected chi connectivity index (χ0v) is 14.1. The monoisotopic (exact) mass is 305 g/mol. The Morgan fingerprint density at radius 3 is 1.95 bits per heavy atom. The van der Waals surface area contributed by atoms with Crippen molar-refractivity contribution < 1.29 is 19.4 Å². The molecule has 0 fully saturated rings. The molecular formula is C16H24BNO4. The van der Waals surface area contributed by atoms with E-state index in [1.165, 1.54) is 12.1 Å². The van der Waals surface area contributed by atoms with Crippen molar-refractivity contribution in [3.05, 3.63) is 29.3 Å². The van der Waals surface area contributed by atoms with Gasteiger partial charge in [0.25, 0.3) is 0 Å². The maximum absolute atomic E-state index is 12.6. The molecule has 0 unspecified atom stereocenters. The summed E-state index contributed by atoms with van der Waals surface area (Å²) in [5, 5.41) is 9.83. The Labute approximate surface area is 131 Å². The van der Waals surface area contributed by atoms with Gasteiger partial charge >= 0.3 is 7.12 Å². The third-order valence-electron chi connectivity index (χ3n) is 3.32. The first-order valence-corrected chi connectivity index (χ1v) is 7.16. The fourth-order valence-electron chi connectivity index (χ4n) is 2.02. The lowest BCUT2D eigenvalue weighted by molar-refractivity contribution is 0.0856. The lowest BCUT2D eigenvalue weighted by Gasteiger charge is -2.22. The van der Waals surface area contributed by atoms with Crippen molar-refractivity contribution in [3.63, 3.8) is 0 Å². The molecule has 1 aromatic carbocycles. The number of carbonyl (C=O) groups excluding carboxylic acids is 2. The van der Waals surface area contributed by atoms with Gasteiger partial charge in [0.2, 0.25) is 0 Å². The van der Waals surface area contributed by atoms with E-state index in [9.17, 15) is 14.6 Å². The van der Waals surface area contributed by atoms with E-state index in [4.69, 9.17) is 5.90 Å². The Morgan fingerprint density at radius 2 is 1.55 bits per heavy atom. The molecule has 3 N–H and O–H groups in total. The first-order valence-electron chi connectivity index (χ1n) is 7.16. The summed E-state index contributed by atoms with van der Waals surface area (Å²) in [6.07, 6.45) is 0. The Morgan fingerprint density at radius 1 is 1.05 bits per heavy atom. The highest BCUT2D eigenvalue weighted by Gasteiger charge is 2.31. The van der Waals surface area contributed by atoms with Crippen molar-refractivity contribution in [1.82, 2.24) is 0 Å². The molecule has 1 rings (SSSR count). The summed E-state index contributed by atoms with van der Waals surface area (Å²) in [6.45, 7) is 10.7. The molecule has 0 aromatic heterocycles. The first-order chi connectivity index (χ1) is 9.89. The maximum Gasteiger partial charge on any atom is 0.508 e. The van der Waals surface area contributed by atoms with E-state index in [-0.39, 0.29) is 22.6 Å². The molecule has 5 nitrogen and oxygen atoms in total. The van der Waals surface area contributed by atoms with Gasteiger partial charge in [0.1, 0.15) is 0 Å². The van der Waals surface area contributed by atoms with Crippen LogP contribution in [0.5, 0.6) is 0 Å². The Bertz CT molecular complexity index is 585. The molecule has 0 saturated carbocycles. The summed E-state index contributed by atoms with van der Waals surface area (Å²) in [4.78, 5) is 25.0. The van der Waals surface area contributed by atoms with Crippen LogP contribution >= 0.6 is 0 Å². The Hall–Kier alpha value is -1.50. The molecule has 22 heavy (non-hydrogen) atoms. The van der Waals surface area contributed by atoms with Gasteiger partial charge in [0, 0.05) is 22.0 Å². The summed E-state index contributed by atoms with van der Waals surface area (Å²) in [6, 6.07) is 4.60. The molecule has 0 heterocycles. The van der Waals surface area contributed by atoms with Crippen molar-refractivity contribution in [3.8, 4) is 0 Å². The molecule has 0 radical (unpaired) electrons. The zero-order valence-electron chi connectivity index (χ0n) is 14.1. The van der Waals surface area contributed by atoms with E-state index in [0.717, 1.165) is 0 Å². The molecule has 6 heteroatoms. The average Bonchev–Trinajstić information content (AvgIpc) is 2.42. The molecule has 0 spiro atoms. The van der Waals surface area contributed by atoms with Crippen LogP contribution in [-0.4, -0.2) is 23.7 Å². The molecule has 0 aliphatic carbocycles. The van der Waals surface area contributed by atoms with Crippen LogP contribution in [0.1, 0.15) is 62.3 Å². The van der Waals surface area contributed by atoms with Gasteiger partial charge in [0.15, 0.2) is 11.6 Å². The number of Topliss-reactive ketones (excluding diaryl/α,β-unsaturated/α-hetero) is 2. The molecule has 0 saturated heterocycles. The second kappa shape index (κ2) is 6.32. The van der Waals surface area contributed by atoms with Crippen molar-refractivity contribution in [2.24, 2.45) is 16.7 Å². The normalized spacial score (nSPS) is 12.2. The maximum atomic E-state index is 12.6. The molecular weight excluding hydrogens is 281 g/mol. The topological polar surface area (TPSA) is 89.6 Å². The molecule has 0 atom stereocenters. The average molecular weight is 305 g/mol. The van der Waals surface area contributed by atoms with E-state index < -0.39 is 17.9 Å². The molecule has 0 amide bonds. The minimum Gasteiger partial charge on any atom is -0.422 e. The summed E-state index contributed by atoms with van der Waals surface area (Å²) in [5.74, 6) is 4.75. The van der Waals surface area contributed by atoms with Gasteiger partial charge in [0.05, 0.1) is 0 Å². The Balaban J connectivity index is 3.48. The standard InChI is InChI=1S/C16H24BNO4/c1-15(2,3)13(19)10-7-8-12(17(21)22-18)11(9-10)14(20)16(4,5)6/h7-9,21H,18H2,1-6H3. The van der Waals surface area contributed by atoms with Gasteiger partial charge in [-0.1, -0.05) is 53.7 Å². The van der Waals surface area contributed by atoms with Crippen LogP contribution in [0.3, 0.4) is 0 Å². The van der Waals surface area contributed by atoms with E-state index in [2.05, 4.69) is 4.76 Å². The van der Waals surface area contributed by atoms with Crippen molar-refractivity contribution in [1.29, 1.82) is 0 Å². The van der Waals surface area contributed by atoms with E-state index in [0.29, 0.717) is 5.56 Å². The molecule has 0 aliphatic heterocycles. The molecule has 120 valence electrons. The summed E-state index contributed by atoms with van der Waals surface area (Å²) in [5.41, 5.74) is -0.291. The molecule has 0 bridgehead atoms. The minimum atomic E-state index is -1.42. The van der Waals surface area contributed by atoms with Crippen LogP contribution in [-0.2, 0) is 4.76 Å². The van der Waals surface area contributed by atoms with Gasteiger partial charge in [-0.15, -0.1) is 0 Å². The number of hydrogen-bond acceptors (Lipinski definition) is 5. The number of hydrogen-bond donors (Lipinski definition) is 2. The summed E-state index contributed by atoms with van der Waals surface area (Å²) >= 11 is 0. The summed E-state index contributed by atoms with van der Waals surface area (Å²) < 4.78 is 4.43. The highest BCUT2D eigenvalue weighted by atomic mass is 16.6. The minimum absolute atomic E-state index is 0.0786. The largest absolute Gasteiger partial charge is 0.508 e. The van der Waals surface area contributed by atoms with E-state index in [1.807, 2.05) is 20.8 Å². The highest BCUT2D eigenvalue weighted by molar-refractivity contribution is 6.61. The van der Waals surface area contributed by atoms with Gasteiger partial charge in [-0.3, -0.25) is 9.59 Å². The predicted molar refractivity (Wildman–Crippen MR) is 86.9 cm³/mol. The lowest BCUT2D eigenvalue weighted by atomic mass is 9.71. The fourth-order valence-corrected chi connectivity index (χ4v) is 2.02. The Kier molecular flexibility index (Phi) is 5.33. The van der Waals surface area contributed by atoms with Gasteiger partial charge in [-0.25, -0.2) is 5.90 Å². The van der Waals surface area contributed by atoms with Crippen LogP contribution in [0.2, 0.25) is 0 Å².